The van der Waals surface area contributed by atoms with Crippen molar-refractivity contribution in [2.75, 3.05) is 9.96 Å². The molecular weight excluding hydrogens is 462 g/mol. The van der Waals surface area contributed by atoms with E-state index in [1.54, 1.807) is 60.7 Å². The van der Waals surface area contributed by atoms with Crippen molar-refractivity contribution < 1.29 is 23.8 Å². The number of benzene rings is 3. The minimum Gasteiger partial charge on any atom is -0.458 e. The monoisotopic (exact) mass is 481 g/mol. The van der Waals surface area contributed by atoms with Gasteiger partial charge in [-0.1, -0.05) is 48.5 Å². The number of para-hydroxylation sites is 3. The van der Waals surface area contributed by atoms with Crippen molar-refractivity contribution in [2.45, 2.75) is 12.1 Å². The first-order chi connectivity index (χ1) is 17.5. The van der Waals surface area contributed by atoms with Crippen molar-refractivity contribution in [3.8, 4) is 11.3 Å². The van der Waals surface area contributed by atoms with E-state index in [9.17, 15) is 19.7 Å². The SMILES string of the molecule is O=C1[C@H]2[C@@H](ON(c3ccccc3)[C@H]2c2ccc(-c3ccccc3[N+](=O)[O-])o2)C(=O)N1c1ccccc1. The molecule has 36 heavy (non-hydrogen) atoms. The number of amides is 2. The molecule has 0 saturated carbocycles. The quantitative estimate of drug-likeness (QED) is 0.227. The minimum absolute atomic E-state index is 0.0961. The van der Waals surface area contributed by atoms with Crippen LogP contribution in [0.3, 0.4) is 0 Å². The van der Waals surface area contributed by atoms with Gasteiger partial charge in [0.25, 0.3) is 11.6 Å². The van der Waals surface area contributed by atoms with E-state index in [0.717, 1.165) is 4.90 Å². The number of carbonyl (C=O) groups is 2. The molecule has 0 aliphatic carbocycles. The summed E-state index contributed by atoms with van der Waals surface area (Å²) >= 11 is 0. The second-order valence-corrected chi connectivity index (χ2v) is 8.48. The molecule has 2 amide bonds. The van der Waals surface area contributed by atoms with Gasteiger partial charge in [0.05, 0.1) is 21.9 Å². The largest absolute Gasteiger partial charge is 0.458 e. The Labute approximate surface area is 205 Å². The summed E-state index contributed by atoms with van der Waals surface area (Å²) < 4.78 is 6.12. The molecule has 3 aromatic carbocycles. The van der Waals surface area contributed by atoms with Crippen LogP contribution in [0, 0.1) is 16.0 Å². The van der Waals surface area contributed by atoms with Gasteiger partial charge in [0.1, 0.15) is 23.5 Å². The molecule has 9 nitrogen and oxygen atoms in total. The van der Waals surface area contributed by atoms with E-state index < -0.39 is 34.8 Å². The molecule has 4 aromatic rings. The van der Waals surface area contributed by atoms with Gasteiger partial charge in [-0.05, 0) is 42.5 Å². The van der Waals surface area contributed by atoms with Crippen molar-refractivity contribution in [1.82, 2.24) is 0 Å². The van der Waals surface area contributed by atoms with Crippen molar-refractivity contribution >= 4 is 28.9 Å². The Balaban J connectivity index is 1.44. The second-order valence-electron chi connectivity index (χ2n) is 8.48. The third-order valence-corrected chi connectivity index (χ3v) is 6.42. The van der Waals surface area contributed by atoms with Crippen molar-refractivity contribution in [2.24, 2.45) is 5.92 Å². The summed E-state index contributed by atoms with van der Waals surface area (Å²) in [6.07, 6.45) is -1.04. The molecule has 0 N–H and O–H groups in total. The van der Waals surface area contributed by atoms with E-state index in [1.807, 2.05) is 30.3 Å². The highest BCUT2D eigenvalue weighted by atomic mass is 16.7. The van der Waals surface area contributed by atoms with Crippen molar-refractivity contribution in [3.05, 3.63) is 113 Å². The number of nitro benzene ring substituents is 1. The van der Waals surface area contributed by atoms with Gasteiger partial charge < -0.3 is 4.42 Å². The third-order valence-electron chi connectivity index (χ3n) is 6.42. The first kappa shape index (κ1) is 21.8. The number of nitro groups is 1. The average molecular weight is 481 g/mol. The lowest BCUT2D eigenvalue weighted by atomic mass is 9.94. The molecule has 0 bridgehead atoms. The molecule has 2 saturated heterocycles. The zero-order valence-corrected chi connectivity index (χ0v) is 18.8. The fraction of sp³-hybridized carbons (Fsp3) is 0.111. The lowest BCUT2D eigenvalue weighted by Crippen LogP contribution is -2.37. The van der Waals surface area contributed by atoms with Crippen LogP contribution in [0.15, 0.2) is 101 Å². The summed E-state index contributed by atoms with van der Waals surface area (Å²) in [5, 5.41) is 13.1. The zero-order valence-electron chi connectivity index (χ0n) is 18.8. The first-order valence-corrected chi connectivity index (χ1v) is 11.3. The maximum Gasteiger partial charge on any atom is 0.280 e. The fourth-order valence-electron chi connectivity index (χ4n) is 4.83. The summed E-state index contributed by atoms with van der Waals surface area (Å²) in [5.74, 6) is -1.09. The van der Waals surface area contributed by atoms with Gasteiger partial charge in [-0.25, -0.2) is 9.96 Å². The Kier molecular flexibility index (Phi) is 5.12. The maximum atomic E-state index is 13.6. The predicted octanol–water partition coefficient (Wildman–Crippen LogP) is 4.91. The number of anilines is 2. The van der Waals surface area contributed by atoms with Crippen LogP contribution in [-0.4, -0.2) is 22.8 Å². The van der Waals surface area contributed by atoms with E-state index in [0.29, 0.717) is 22.7 Å². The van der Waals surface area contributed by atoms with Crippen LogP contribution in [-0.2, 0) is 14.4 Å². The lowest BCUT2D eigenvalue weighted by Gasteiger charge is -2.27. The highest BCUT2D eigenvalue weighted by molar-refractivity contribution is 6.23. The van der Waals surface area contributed by atoms with Crippen LogP contribution in [0.25, 0.3) is 11.3 Å². The van der Waals surface area contributed by atoms with Crippen LogP contribution in [0.1, 0.15) is 11.8 Å². The molecule has 3 heterocycles. The maximum absolute atomic E-state index is 13.6. The summed E-state index contributed by atoms with van der Waals surface area (Å²) in [5.41, 5.74) is 1.33. The number of furan rings is 1. The van der Waals surface area contributed by atoms with Crippen LogP contribution in [0.2, 0.25) is 0 Å². The van der Waals surface area contributed by atoms with Crippen LogP contribution in [0.5, 0.6) is 0 Å². The van der Waals surface area contributed by atoms with Gasteiger partial charge in [-0.15, -0.1) is 0 Å². The van der Waals surface area contributed by atoms with Gasteiger partial charge in [0.15, 0.2) is 6.10 Å². The van der Waals surface area contributed by atoms with E-state index in [1.165, 1.54) is 11.1 Å². The first-order valence-electron chi connectivity index (χ1n) is 11.3. The summed E-state index contributed by atoms with van der Waals surface area (Å²) in [6.45, 7) is 0. The van der Waals surface area contributed by atoms with Crippen molar-refractivity contribution in [1.29, 1.82) is 0 Å². The number of nitrogens with zero attached hydrogens (tertiary/aromatic N) is 3. The van der Waals surface area contributed by atoms with Crippen LogP contribution in [0.4, 0.5) is 17.1 Å². The standard InChI is InChI=1S/C27H19N3O6/c31-26-23-24(22-16-15-21(35-22)19-13-7-8-14-20(19)30(33)34)29(18-11-5-2-6-12-18)36-25(23)27(32)28(26)17-9-3-1-4-10-17/h1-16,23-25H/t23-,24+,25-/m1/s1. The number of hydrogen-bond acceptors (Lipinski definition) is 7. The van der Waals surface area contributed by atoms with Crippen molar-refractivity contribution in [3.63, 3.8) is 0 Å². The summed E-state index contributed by atoms with van der Waals surface area (Å²) in [7, 11) is 0. The number of carbonyl (C=O) groups excluding carboxylic acids is 2. The Morgan fingerprint density at radius 2 is 1.39 bits per heavy atom. The molecule has 2 aliphatic rings. The fourth-order valence-corrected chi connectivity index (χ4v) is 4.83. The summed E-state index contributed by atoms with van der Waals surface area (Å²) in [6, 6.07) is 26.6. The average Bonchev–Trinajstić information content (AvgIpc) is 3.60. The van der Waals surface area contributed by atoms with E-state index in [4.69, 9.17) is 9.25 Å². The molecule has 2 aliphatic heterocycles. The Bertz CT molecular complexity index is 1470. The van der Waals surface area contributed by atoms with E-state index >= 15 is 0 Å². The summed E-state index contributed by atoms with van der Waals surface area (Å²) in [4.78, 5) is 45.3. The molecule has 0 unspecified atom stereocenters. The molecule has 0 spiro atoms. The van der Waals surface area contributed by atoms with Crippen LogP contribution >= 0.6 is 0 Å². The lowest BCUT2D eigenvalue weighted by molar-refractivity contribution is -0.384. The van der Waals surface area contributed by atoms with Crippen LogP contribution < -0.4 is 9.96 Å². The Morgan fingerprint density at radius 3 is 2.08 bits per heavy atom. The molecule has 0 radical (unpaired) electrons. The molecule has 6 rings (SSSR count). The molecule has 2 fully saturated rings. The highest BCUT2D eigenvalue weighted by Crippen LogP contribution is 2.48. The van der Waals surface area contributed by atoms with Gasteiger partial charge in [-0.2, -0.15) is 0 Å². The van der Waals surface area contributed by atoms with Gasteiger partial charge in [0, 0.05) is 6.07 Å². The predicted molar refractivity (Wildman–Crippen MR) is 130 cm³/mol. The smallest absolute Gasteiger partial charge is 0.280 e. The Morgan fingerprint density at radius 1 is 0.750 bits per heavy atom. The number of hydroxylamine groups is 1. The molecule has 9 heteroatoms. The number of hydrogen-bond donors (Lipinski definition) is 0. The second kappa shape index (κ2) is 8.47. The Hall–Kier alpha value is -4.76. The zero-order chi connectivity index (χ0) is 24.8. The molecule has 1 aromatic heterocycles. The number of fused-ring (bicyclic) bond motifs is 1. The van der Waals surface area contributed by atoms with E-state index in [2.05, 4.69) is 0 Å². The number of imide groups is 1. The normalized spacial score (nSPS) is 21.2. The molecular formula is C27H19N3O6. The third kappa shape index (κ3) is 3.37. The topological polar surface area (TPSA) is 106 Å². The molecule has 3 atom stereocenters. The van der Waals surface area contributed by atoms with Gasteiger partial charge >= 0.3 is 0 Å². The van der Waals surface area contributed by atoms with Gasteiger partial charge in [-0.3, -0.25) is 24.5 Å². The number of rotatable bonds is 5. The van der Waals surface area contributed by atoms with Gasteiger partial charge in [0.2, 0.25) is 5.91 Å². The minimum atomic E-state index is -1.04. The molecule has 178 valence electrons. The van der Waals surface area contributed by atoms with E-state index in [-0.39, 0.29) is 11.4 Å². The highest BCUT2D eigenvalue weighted by Gasteiger charge is 2.61.